The Labute approximate surface area is 187 Å². The molecule has 0 saturated heterocycles. The van der Waals surface area contributed by atoms with Crippen molar-refractivity contribution in [3.63, 3.8) is 0 Å². The lowest BCUT2D eigenvalue weighted by Gasteiger charge is -2.14. The van der Waals surface area contributed by atoms with Gasteiger partial charge in [0.1, 0.15) is 16.4 Å². The number of nitrogens with zero attached hydrogens (tertiary/aromatic N) is 2. The van der Waals surface area contributed by atoms with Crippen LogP contribution in [0.25, 0.3) is 15.9 Å². The summed E-state index contributed by atoms with van der Waals surface area (Å²) in [4.78, 5) is 20.7. The van der Waals surface area contributed by atoms with Crippen molar-refractivity contribution in [2.75, 3.05) is 7.11 Å². The SMILES string of the molecule is COc1ccc(-n2c(SCc3ccccc3F)nc3sc4c(c3c2=O)CCCC4)cc1. The Hall–Kier alpha value is -2.64. The summed E-state index contributed by atoms with van der Waals surface area (Å²) in [5, 5.41) is 1.32. The average molecular weight is 453 g/mol. The standard InChI is InChI=1S/C24H21FN2O2S2/c1-29-17-12-10-16(11-13-17)27-23(28)21-18-7-3-5-9-20(18)31-22(21)26-24(27)30-14-15-6-2-4-8-19(15)25/h2,4,6,8,10-13H,3,5,7,9,14H2,1H3. The molecule has 1 aliphatic rings. The lowest BCUT2D eigenvalue weighted by Crippen LogP contribution is -2.22. The lowest BCUT2D eigenvalue weighted by atomic mass is 9.97. The van der Waals surface area contributed by atoms with E-state index in [0.29, 0.717) is 16.5 Å². The van der Waals surface area contributed by atoms with Gasteiger partial charge in [0.05, 0.1) is 18.2 Å². The molecule has 0 spiro atoms. The van der Waals surface area contributed by atoms with E-state index in [0.717, 1.165) is 52.9 Å². The number of rotatable bonds is 5. The number of benzene rings is 2. The third-order valence-electron chi connectivity index (χ3n) is 5.60. The van der Waals surface area contributed by atoms with Crippen LogP contribution >= 0.6 is 23.1 Å². The highest BCUT2D eigenvalue weighted by atomic mass is 32.2. The largest absolute Gasteiger partial charge is 0.497 e. The van der Waals surface area contributed by atoms with Gasteiger partial charge in [0.25, 0.3) is 5.56 Å². The number of thiophene rings is 1. The highest BCUT2D eigenvalue weighted by Gasteiger charge is 2.23. The second kappa shape index (κ2) is 8.48. The molecule has 2 aromatic heterocycles. The molecular weight excluding hydrogens is 431 g/mol. The van der Waals surface area contributed by atoms with Crippen LogP contribution in [0.3, 0.4) is 0 Å². The summed E-state index contributed by atoms with van der Waals surface area (Å²) < 4.78 is 21.1. The van der Waals surface area contributed by atoms with Crippen molar-refractivity contribution in [1.82, 2.24) is 9.55 Å². The molecule has 0 saturated carbocycles. The van der Waals surface area contributed by atoms with E-state index in [4.69, 9.17) is 9.72 Å². The topological polar surface area (TPSA) is 44.1 Å². The van der Waals surface area contributed by atoms with Gasteiger partial charge in [0.15, 0.2) is 5.16 Å². The summed E-state index contributed by atoms with van der Waals surface area (Å²) in [5.41, 5.74) is 2.43. The fourth-order valence-electron chi connectivity index (χ4n) is 4.00. The maximum atomic E-state index is 14.2. The van der Waals surface area contributed by atoms with Gasteiger partial charge in [-0.05, 0) is 67.1 Å². The summed E-state index contributed by atoms with van der Waals surface area (Å²) >= 11 is 3.01. The lowest BCUT2D eigenvalue weighted by molar-refractivity contribution is 0.414. The molecule has 0 bridgehead atoms. The number of halogens is 1. The van der Waals surface area contributed by atoms with Crippen molar-refractivity contribution in [2.45, 2.75) is 36.6 Å². The van der Waals surface area contributed by atoms with Crippen LogP contribution < -0.4 is 10.3 Å². The van der Waals surface area contributed by atoms with Gasteiger partial charge in [-0.2, -0.15) is 0 Å². The van der Waals surface area contributed by atoms with E-state index in [9.17, 15) is 9.18 Å². The molecule has 2 aromatic carbocycles. The minimum atomic E-state index is -0.249. The van der Waals surface area contributed by atoms with E-state index in [1.54, 1.807) is 35.1 Å². The first kappa shape index (κ1) is 20.3. The van der Waals surface area contributed by atoms with E-state index in [-0.39, 0.29) is 11.4 Å². The van der Waals surface area contributed by atoms with Crippen LogP contribution in [-0.2, 0) is 18.6 Å². The Morgan fingerprint density at radius 2 is 1.90 bits per heavy atom. The summed E-state index contributed by atoms with van der Waals surface area (Å²) in [7, 11) is 1.61. The van der Waals surface area contributed by atoms with E-state index in [1.807, 2.05) is 30.3 Å². The number of hydrogen-bond acceptors (Lipinski definition) is 5. The molecule has 5 rings (SSSR count). The summed E-state index contributed by atoms with van der Waals surface area (Å²) in [6.07, 6.45) is 4.19. The number of methoxy groups -OCH3 is 1. The van der Waals surface area contributed by atoms with Crippen LogP contribution in [-0.4, -0.2) is 16.7 Å². The zero-order valence-electron chi connectivity index (χ0n) is 17.1. The molecule has 0 amide bonds. The maximum absolute atomic E-state index is 14.2. The molecule has 0 atom stereocenters. The highest BCUT2D eigenvalue weighted by molar-refractivity contribution is 7.98. The molecule has 1 aliphatic carbocycles. The smallest absolute Gasteiger partial charge is 0.267 e. The number of hydrogen-bond donors (Lipinski definition) is 0. The third kappa shape index (κ3) is 3.77. The quantitative estimate of drug-likeness (QED) is 0.285. The van der Waals surface area contributed by atoms with E-state index >= 15 is 0 Å². The molecule has 0 unspecified atom stereocenters. The summed E-state index contributed by atoms with van der Waals surface area (Å²) in [5.74, 6) is 0.867. The van der Waals surface area contributed by atoms with E-state index in [1.165, 1.54) is 22.7 Å². The maximum Gasteiger partial charge on any atom is 0.267 e. The fourth-order valence-corrected chi connectivity index (χ4v) is 6.30. The van der Waals surface area contributed by atoms with E-state index in [2.05, 4.69) is 0 Å². The van der Waals surface area contributed by atoms with Crippen LogP contribution in [0.4, 0.5) is 4.39 Å². The van der Waals surface area contributed by atoms with Gasteiger partial charge < -0.3 is 4.74 Å². The van der Waals surface area contributed by atoms with Gasteiger partial charge in [0.2, 0.25) is 0 Å². The molecular formula is C24H21FN2O2S2. The van der Waals surface area contributed by atoms with Crippen molar-refractivity contribution in [2.24, 2.45) is 0 Å². The van der Waals surface area contributed by atoms with Crippen LogP contribution in [0, 0.1) is 5.82 Å². The van der Waals surface area contributed by atoms with E-state index < -0.39 is 0 Å². The van der Waals surface area contributed by atoms with Crippen molar-refractivity contribution in [3.8, 4) is 11.4 Å². The number of aromatic nitrogens is 2. The number of fused-ring (bicyclic) bond motifs is 3. The monoisotopic (exact) mass is 452 g/mol. The zero-order chi connectivity index (χ0) is 21.4. The van der Waals surface area contributed by atoms with Crippen molar-refractivity contribution < 1.29 is 9.13 Å². The second-order valence-corrected chi connectivity index (χ2v) is 9.53. The predicted octanol–water partition coefficient (Wildman–Crippen LogP) is 5.77. The van der Waals surface area contributed by atoms with Gasteiger partial charge in [-0.3, -0.25) is 9.36 Å². The normalized spacial score (nSPS) is 13.4. The Morgan fingerprint density at radius 3 is 2.68 bits per heavy atom. The third-order valence-corrected chi connectivity index (χ3v) is 7.78. The van der Waals surface area contributed by atoms with Gasteiger partial charge in [-0.15, -0.1) is 11.3 Å². The first-order valence-corrected chi connectivity index (χ1v) is 12.0. The first-order chi connectivity index (χ1) is 15.2. The van der Waals surface area contributed by atoms with Gasteiger partial charge in [-0.25, -0.2) is 9.37 Å². The molecule has 4 aromatic rings. The minimum Gasteiger partial charge on any atom is -0.497 e. The van der Waals surface area contributed by atoms with Gasteiger partial charge in [0, 0.05) is 10.6 Å². The number of thioether (sulfide) groups is 1. The Bertz CT molecular complexity index is 1310. The van der Waals surface area contributed by atoms with Crippen LogP contribution in [0.1, 0.15) is 28.8 Å². The molecule has 0 fully saturated rings. The molecule has 0 radical (unpaired) electrons. The Kier molecular flexibility index (Phi) is 5.54. The fraction of sp³-hybridized carbons (Fsp3) is 0.250. The second-order valence-electron chi connectivity index (χ2n) is 7.50. The number of aryl methyl sites for hydroxylation is 2. The first-order valence-electron chi connectivity index (χ1n) is 10.2. The molecule has 0 aliphatic heterocycles. The van der Waals surface area contributed by atoms with Crippen LogP contribution in [0.5, 0.6) is 5.75 Å². The Morgan fingerprint density at radius 1 is 1.13 bits per heavy atom. The van der Waals surface area contributed by atoms with Crippen LogP contribution in [0.15, 0.2) is 58.5 Å². The molecule has 7 heteroatoms. The summed E-state index contributed by atoms with van der Waals surface area (Å²) in [6, 6.07) is 14.1. The number of ether oxygens (including phenoxy) is 1. The highest BCUT2D eigenvalue weighted by Crippen LogP contribution is 2.36. The van der Waals surface area contributed by atoms with Gasteiger partial charge in [-0.1, -0.05) is 30.0 Å². The molecule has 0 N–H and O–H groups in total. The van der Waals surface area contributed by atoms with Crippen LogP contribution in [0.2, 0.25) is 0 Å². The van der Waals surface area contributed by atoms with Gasteiger partial charge >= 0.3 is 0 Å². The zero-order valence-corrected chi connectivity index (χ0v) is 18.7. The molecule has 31 heavy (non-hydrogen) atoms. The molecule has 158 valence electrons. The molecule has 2 heterocycles. The van der Waals surface area contributed by atoms with Crippen molar-refractivity contribution in [1.29, 1.82) is 0 Å². The Balaban J connectivity index is 1.66. The average Bonchev–Trinajstić information content (AvgIpc) is 3.17. The van der Waals surface area contributed by atoms with Crippen molar-refractivity contribution in [3.05, 3.63) is 80.7 Å². The molecule has 4 nitrogen and oxygen atoms in total. The summed E-state index contributed by atoms with van der Waals surface area (Å²) in [6.45, 7) is 0. The predicted molar refractivity (Wildman–Crippen MR) is 124 cm³/mol. The minimum absolute atomic E-state index is 0.0504. The van der Waals surface area contributed by atoms with Crippen molar-refractivity contribution >= 4 is 33.3 Å².